The molecule has 0 aliphatic heterocycles. The molecule has 0 atom stereocenters. The highest BCUT2D eigenvalue weighted by atomic mass is 32.2. The van der Waals surface area contributed by atoms with Crippen molar-refractivity contribution in [2.24, 2.45) is 0 Å². The second-order valence-corrected chi connectivity index (χ2v) is 6.45. The minimum Gasteiger partial charge on any atom is -0.359 e. The summed E-state index contributed by atoms with van der Waals surface area (Å²) in [5.74, 6) is -0.200. The number of carbonyl (C=O) groups is 1. The highest BCUT2D eigenvalue weighted by Crippen LogP contribution is 2.26. The third kappa shape index (κ3) is 6.77. The number of nitrogens with one attached hydrogen (secondary N) is 1. The van der Waals surface area contributed by atoms with Gasteiger partial charge in [0.25, 0.3) is 0 Å². The zero-order valence-corrected chi connectivity index (χ0v) is 14.2. The molecule has 0 aliphatic carbocycles. The van der Waals surface area contributed by atoms with Gasteiger partial charge in [-0.25, -0.2) is 8.78 Å². The molecule has 22 heavy (non-hydrogen) atoms. The number of benzene rings is 1. The van der Waals surface area contributed by atoms with Crippen molar-refractivity contribution >= 4 is 17.7 Å². The van der Waals surface area contributed by atoms with Crippen LogP contribution in [0.3, 0.4) is 0 Å². The summed E-state index contributed by atoms with van der Waals surface area (Å²) in [5.41, 5.74) is 0.258. The first-order valence-electron chi connectivity index (χ1n) is 7.89. The second-order valence-electron chi connectivity index (χ2n) is 5.31. The summed E-state index contributed by atoms with van der Waals surface area (Å²) >= 11 is 1.36. The molecule has 0 spiro atoms. The molecule has 1 amide bonds. The molecule has 2 nitrogen and oxygen atoms in total. The monoisotopic (exact) mass is 329 g/mol. The van der Waals surface area contributed by atoms with Crippen molar-refractivity contribution in [1.29, 1.82) is 0 Å². The number of hydrogen-bond acceptors (Lipinski definition) is 2. The molecule has 124 valence electrons. The van der Waals surface area contributed by atoms with Crippen molar-refractivity contribution < 1.29 is 13.6 Å². The summed E-state index contributed by atoms with van der Waals surface area (Å²) in [7, 11) is 1.53. The van der Waals surface area contributed by atoms with Crippen molar-refractivity contribution in [2.75, 3.05) is 12.8 Å². The van der Waals surface area contributed by atoms with E-state index in [1.165, 1.54) is 50.2 Å². The fraction of sp³-hybridized carbons (Fsp3) is 0.588. The number of thioether (sulfide) groups is 1. The third-order valence-electron chi connectivity index (χ3n) is 3.51. The number of rotatable bonds is 10. The minimum absolute atomic E-state index is 0.163. The van der Waals surface area contributed by atoms with Crippen LogP contribution in [0.1, 0.15) is 51.0 Å². The molecule has 0 heterocycles. The average molecular weight is 329 g/mol. The Hall–Kier alpha value is -1.10. The van der Waals surface area contributed by atoms with Gasteiger partial charge in [0.15, 0.2) is 0 Å². The van der Waals surface area contributed by atoms with Gasteiger partial charge in [-0.3, -0.25) is 4.79 Å². The quantitative estimate of drug-likeness (QED) is 0.498. The summed E-state index contributed by atoms with van der Waals surface area (Å²) in [6.45, 7) is 2.17. The fourth-order valence-corrected chi connectivity index (χ4v) is 3.08. The van der Waals surface area contributed by atoms with Gasteiger partial charge in [-0.2, -0.15) is 0 Å². The van der Waals surface area contributed by atoms with E-state index in [-0.39, 0.29) is 24.3 Å². The van der Waals surface area contributed by atoms with Crippen LogP contribution in [0.25, 0.3) is 0 Å². The first-order chi connectivity index (χ1) is 10.6. The standard InChI is InChI=1S/C17H25F2NOS/c1-3-4-5-6-7-10-22-16-12-14(18)13(11-15(16)19)8-9-17(21)20-2/h11-12H,3-10H2,1-2H3,(H,20,21). The van der Waals surface area contributed by atoms with Gasteiger partial charge in [-0.15, -0.1) is 11.8 Å². The van der Waals surface area contributed by atoms with Crippen molar-refractivity contribution in [3.63, 3.8) is 0 Å². The van der Waals surface area contributed by atoms with Crippen LogP contribution >= 0.6 is 11.8 Å². The Morgan fingerprint density at radius 2 is 1.86 bits per heavy atom. The van der Waals surface area contributed by atoms with Crippen LogP contribution in [0.2, 0.25) is 0 Å². The topological polar surface area (TPSA) is 29.1 Å². The number of unbranched alkanes of at least 4 members (excludes halogenated alkanes) is 4. The maximum atomic E-state index is 14.0. The van der Waals surface area contributed by atoms with E-state index < -0.39 is 11.6 Å². The lowest BCUT2D eigenvalue weighted by molar-refractivity contribution is -0.120. The third-order valence-corrected chi connectivity index (χ3v) is 4.62. The lowest BCUT2D eigenvalue weighted by Crippen LogP contribution is -2.18. The largest absolute Gasteiger partial charge is 0.359 e. The molecule has 0 unspecified atom stereocenters. The summed E-state index contributed by atoms with van der Waals surface area (Å²) in [6, 6.07) is 2.48. The van der Waals surface area contributed by atoms with Crippen LogP contribution in [0.5, 0.6) is 0 Å². The molecule has 0 bridgehead atoms. The van der Waals surface area contributed by atoms with Crippen LogP contribution in [0.4, 0.5) is 8.78 Å². The first-order valence-corrected chi connectivity index (χ1v) is 8.88. The maximum Gasteiger partial charge on any atom is 0.220 e. The van der Waals surface area contributed by atoms with Gasteiger partial charge in [-0.05, 0) is 36.3 Å². The summed E-state index contributed by atoms with van der Waals surface area (Å²) in [4.78, 5) is 11.5. The van der Waals surface area contributed by atoms with Crippen LogP contribution < -0.4 is 5.32 Å². The summed E-state index contributed by atoms with van der Waals surface area (Å²) < 4.78 is 27.9. The SMILES string of the molecule is CCCCCCCSc1cc(F)c(CCC(=O)NC)cc1F. The van der Waals surface area contributed by atoms with Gasteiger partial charge in [-0.1, -0.05) is 32.6 Å². The van der Waals surface area contributed by atoms with Gasteiger partial charge in [0.2, 0.25) is 5.91 Å². The van der Waals surface area contributed by atoms with E-state index in [2.05, 4.69) is 12.2 Å². The Morgan fingerprint density at radius 1 is 1.14 bits per heavy atom. The molecule has 0 fully saturated rings. The lowest BCUT2D eigenvalue weighted by atomic mass is 10.1. The molecule has 0 saturated carbocycles. The van der Waals surface area contributed by atoms with Crippen LogP contribution in [0, 0.1) is 11.6 Å². The van der Waals surface area contributed by atoms with Gasteiger partial charge < -0.3 is 5.32 Å². The summed E-state index contributed by atoms with van der Waals surface area (Å²) in [5, 5.41) is 2.47. The predicted molar refractivity (Wildman–Crippen MR) is 88.2 cm³/mol. The molecule has 0 aliphatic rings. The average Bonchev–Trinajstić information content (AvgIpc) is 2.51. The van der Waals surface area contributed by atoms with E-state index in [9.17, 15) is 13.6 Å². The molecule has 1 aromatic carbocycles. The Bertz CT molecular complexity index is 480. The molecule has 1 rings (SSSR count). The zero-order chi connectivity index (χ0) is 16.4. The fourth-order valence-electron chi connectivity index (χ4n) is 2.13. The van der Waals surface area contributed by atoms with Crippen molar-refractivity contribution in [3.05, 3.63) is 29.3 Å². The number of aryl methyl sites for hydroxylation is 1. The van der Waals surface area contributed by atoms with Crippen LogP contribution in [-0.2, 0) is 11.2 Å². The van der Waals surface area contributed by atoms with E-state index in [1.54, 1.807) is 0 Å². The number of amides is 1. The van der Waals surface area contributed by atoms with Gasteiger partial charge in [0, 0.05) is 18.4 Å². The van der Waals surface area contributed by atoms with Crippen molar-refractivity contribution in [1.82, 2.24) is 5.32 Å². The van der Waals surface area contributed by atoms with E-state index >= 15 is 0 Å². The molecular formula is C17H25F2NOS. The molecule has 0 saturated heterocycles. The molecule has 0 aromatic heterocycles. The number of halogens is 2. The Kier molecular flexibility index (Phi) is 9.13. The van der Waals surface area contributed by atoms with Gasteiger partial charge >= 0.3 is 0 Å². The minimum atomic E-state index is -0.432. The van der Waals surface area contributed by atoms with Gasteiger partial charge in [0.1, 0.15) is 11.6 Å². The van der Waals surface area contributed by atoms with E-state index in [4.69, 9.17) is 0 Å². The van der Waals surface area contributed by atoms with Crippen molar-refractivity contribution in [3.8, 4) is 0 Å². The molecular weight excluding hydrogens is 304 g/mol. The molecule has 5 heteroatoms. The number of hydrogen-bond donors (Lipinski definition) is 1. The first kappa shape index (κ1) is 18.9. The summed E-state index contributed by atoms with van der Waals surface area (Å²) in [6.07, 6.45) is 6.16. The second kappa shape index (κ2) is 10.6. The Morgan fingerprint density at radius 3 is 2.55 bits per heavy atom. The Balaban J connectivity index is 2.49. The number of carbonyl (C=O) groups excluding carboxylic acids is 1. The lowest BCUT2D eigenvalue weighted by Gasteiger charge is -2.08. The van der Waals surface area contributed by atoms with Crippen LogP contribution in [0.15, 0.2) is 17.0 Å². The zero-order valence-electron chi connectivity index (χ0n) is 13.4. The van der Waals surface area contributed by atoms with E-state index in [1.807, 2.05) is 0 Å². The highest BCUT2D eigenvalue weighted by molar-refractivity contribution is 7.99. The normalized spacial score (nSPS) is 10.7. The van der Waals surface area contributed by atoms with E-state index in [0.717, 1.165) is 18.6 Å². The smallest absolute Gasteiger partial charge is 0.220 e. The van der Waals surface area contributed by atoms with Gasteiger partial charge in [0.05, 0.1) is 0 Å². The Labute approximate surface area is 136 Å². The molecule has 1 N–H and O–H groups in total. The predicted octanol–water partition coefficient (Wildman–Crippen LogP) is 4.71. The van der Waals surface area contributed by atoms with Crippen LogP contribution in [-0.4, -0.2) is 18.7 Å². The maximum absolute atomic E-state index is 14.0. The molecule has 1 aromatic rings. The van der Waals surface area contributed by atoms with E-state index in [0.29, 0.717) is 4.90 Å². The molecule has 0 radical (unpaired) electrons. The van der Waals surface area contributed by atoms with Crippen molar-refractivity contribution in [2.45, 2.75) is 56.8 Å². The highest BCUT2D eigenvalue weighted by Gasteiger charge is 2.11.